The third-order valence-corrected chi connectivity index (χ3v) is 4.04. The lowest BCUT2D eigenvalue weighted by molar-refractivity contribution is -0.137. The van der Waals surface area contributed by atoms with E-state index in [1.54, 1.807) is 10.9 Å². The SMILES string of the molecule is Cn1nccc1-c1csc2nc(CCC(=O)O)[nH]c(=O)c12. The van der Waals surface area contributed by atoms with Crippen LogP contribution in [0.3, 0.4) is 0 Å². The molecule has 0 bridgehead atoms. The molecule has 21 heavy (non-hydrogen) atoms. The van der Waals surface area contributed by atoms with Crippen molar-refractivity contribution < 1.29 is 9.90 Å². The van der Waals surface area contributed by atoms with Crippen LogP contribution in [0, 0.1) is 0 Å². The summed E-state index contributed by atoms with van der Waals surface area (Å²) in [5, 5.41) is 15.2. The number of aromatic nitrogens is 4. The van der Waals surface area contributed by atoms with Gasteiger partial charge in [-0.2, -0.15) is 5.10 Å². The number of hydrogen-bond donors (Lipinski definition) is 2. The number of rotatable bonds is 4. The highest BCUT2D eigenvalue weighted by Gasteiger charge is 2.15. The van der Waals surface area contributed by atoms with E-state index in [-0.39, 0.29) is 18.4 Å². The lowest BCUT2D eigenvalue weighted by Gasteiger charge is -2.01. The Hall–Kier alpha value is -2.48. The molecule has 3 heterocycles. The van der Waals surface area contributed by atoms with Crippen LogP contribution in [-0.2, 0) is 18.3 Å². The number of nitrogens with zero attached hydrogens (tertiary/aromatic N) is 3. The maximum absolute atomic E-state index is 12.3. The first-order valence-corrected chi connectivity index (χ1v) is 7.15. The van der Waals surface area contributed by atoms with Crippen LogP contribution in [0.5, 0.6) is 0 Å². The zero-order chi connectivity index (χ0) is 15.0. The van der Waals surface area contributed by atoms with Crippen molar-refractivity contribution in [2.45, 2.75) is 12.8 Å². The number of fused-ring (bicyclic) bond motifs is 1. The van der Waals surface area contributed by atoms with Crippen LogP contribution in [0.2, 0.25) is 0 Å². The van der Waals surface area contributed by atoms with E-state index in [0.717, 1.165) is 11.3 Å². The van der Waals surface area contributed by atoms with Crippen LogP contribution in [0.15, 0.2) is 22.4 Å². The van der Waals surface area contributed by atoms with E-state index in [0.29, 0.717) is 16.0 Å². The van der Waals surface area contributed by atoms with Crippen LogP contribution in [0.1, 0.15) is 12.2 Å². The molecule has 2 N–H and O–H groups in total. The third-order valence-electron chi connectivity index (χ3n) is 3.17. The van der Waals surface area contributed by atoms with Gasteiger partial charge in [-0.1, -0.05) is 0 Å². The maximum Gasteiger partial charge on any atom is 0.303 e. The van der Waals surface area contributed by atoms with Gasteiger partial charge in [-0.15, -0.1) is 11.3 Å². The van der Waals surface area contributed by atoms with E-state index >= 15 is 0 Å². The monoisotopic (exact) mass is 304 g/mol. The van der Waals surface area contributed by atoms with Crippen LogP contribution >= 0.6 is 11.3 Å². The molecule has 0 spiro atoms. The molecule has 0 fully saturated rings. The summed E-state index contributed by atoms with van der Waals surface area (Å²) in [5.74, 6) is -0.521. The first kappa shape index (κ1) is 13.5. The van der Waals surface area contributed by atoms with Crippen LogP contribution < -0.4 is 5.56 Å². The van der Waals surface area contributed by atoms with E-state index < -0.39 is 5.97 Å². The van der Waals surface area contributed by atoms with E-state index in [1.165, 1.54) is 11.3 Å². The Labute approximate surface area is 122 Å². The molecule has 0 aromatic carbocycles. The molecule has 3 aromatic heterocycles. The molecule has 0 radical (unpaired) electrons. The fraction of sp³-hybridized carbons (Fsp3) is 0.231. The third kappa shape index (κ3) is 2.45. The van der Waals surface area contributed by atoms with Crippen molar-refractivity contribution in [2.24, 2.45) is 7.05 Å². The Bertz CT molecular complexity index is 877. The molecule has 0 atom stereocenters. The summed E-state index contributed by atoms with van der Waals surface area (Å²) >= 11 is 1.36. The number of hydrogen-bond acceptors (Lipinski definition) is 5. The molecule has 0 saturated heterocycles. The van der Waals surface area contributed by atoms with Crippen LogP contribution in [0.25, 0.3) is 21.5 Å². The van der Waals surface area contributed by atoms with Crippen molar-refractivity contribution >= 4 is 27.5 Å². The zero-order valence-corrected chi connectivity index (χ0v) is 12.0. The number of H-pyrrole nitrogens is 1. The Balaban J connectivity index is 2.09. The topological polar surface area (TPSA) is 101 Å². The van der Waals surface area contributed by atoms with Crippen LogP contribution in [-0.4, -0.2) is 30.8 Å². The predicted octanol–water partition coefficient (Wildman–Crippen LogP) is 1.40. The van der Waals surface area contributed by atoms with Crippen molar-refractivity contribution in [1.82, 2.24) is 19.7 Å². The Morgan fingerprint density at radius 3 is 3.00 bits per heavy atom. The smallest absolute Gasteiger partial charge is 0.303 e. The van der Waals surface area contributed by atoms with Crippen molar-refractivity contribution in [2.75, 3.05) is 0 Å². The molecule has 0 unspecified atom stereocenters. The van der Waals surface area contributed by atoms with Gasteiger partial charge in [0.15, 0.2) is 0 Å². The van der Waals surface area contributed by atoms with Gasteiger partial charge in [-0.3, -0.25) is 14.3 Å². The summed E-state index contributed by atoms with van der Waals surface area (Å²) in [6.45, 7) is 0. The number of carboxylic acids is 1. The molecule has 0 aliphatic heterocycles. The summed E-state index contributed by atoms with van der Waals surface area (Å²) in [5.41, 5.74) is 1.37. The number of carbonyl (C=O) groups is 1. The lowest BCUT2D eigenvalue weighted by Crippen LogP contribution is -2.12. The second kappa shape index (κ2) is 5.13. The minimum atomic E-state index is -0.917. The van der Waals surface area contributed by atoms with Gasteiger partial charge >= 0.3 is 5.97 Å². The minimum absolute atomic E-state index is 0.0611. The Kier molecular flexibility index (Phi) is 3.30. The molecular weight excluding hydrogens is 292 g/mol. The quantitative estimate of drug-likeness (QED) is 0.758. The number of aryl methyl sites for hydroxylation is 2. The maximum atomic E-state index is 12.3. The Morgan fingerprint density at radius 1 is 1.52 bits per heavy atom. The predicted molar refractivity (Wildman–Crippen MR) is 78.4 cm³/mol. The number of nitrogens with one attached hydrogen (secondary N) is 1. The summed E-state index contributed by atoms with van der Waals surface area (Å²) in [6, 6.07) is 1.83. The highest BCUT2D eigenvalue weighted by Crippen LogP contribution is 2.30. The fourth-order valence-electron chi connectivity index (χ4n) is 2.16. The molecule has 0 aliphatic carbocycles. The zero-order valence-electron chi connectivity index (χ0n) is 11.2. The van der Waals surface area contributed by atoms with Gasteiger partial charge in [-0.25, -0.2) is 4.98 Å². The molecule has 3 aromatic rings. The molecular formula is C13H12N4O3S. The highest BCUT2D eigenvalue weighted by molar-refractivity contribution is 7.17. The van der Waals surface area contributed by atoms with E-state index in [9.17, 15) is 9.59 Å². The molecule has 7 nitrogen and oxygen atoms in total. The first-order chi connectivity index (χ1) is 10.1. The number of thiophene rings is 1. The minimum Gasteiger partial charge on any atom is -0.481 e. The van der Waals surface area contributed by atoms with E-state index in [4.69, 9.17) is 5.11 Å². The van der Waals surface area contributed by atoms with Gasteiger partial charge < -0.3 is 10.1 Å². The fourth-order valence-corrected chi connectivity index (χ4v) is 3.12. The van der Waals surface area contributed by atoms with Crippen molar-refractivity contribution in [3.63, 3.8) is 0 Å². The normalized spacial score (nSPS) is 11.1. The number of carboxylic acid groups (broad SMARTS) is 1. The molecule has 0 saturated carbocycles. The standard InChI is InChI=1S/C13H12N4O3S/c1-17-8(4-5-14-17)7-6-21-13-11(7)12(20)15-9(16-13)2-3-10(18)19/h4-6H,2-3H2,1H3,(H,18,19)(H,15,16,20). The van der Waals surface area contributed by atoms with Gasteiger partial charge in [0, 0.05) is 30.6 Å². The number of aromatic amines is 1. The average Bonchev–Trinajstić information content (AvgIpc) is 3.02. The van der Waals surface area contributed by atoms with Crippen molar-refractivity contribution in [1.29, 1.82) is 0 Å². The van der Waals surface area contributed by atoms with Crippen molar-refractivity contribution in [3.05, 3.63) is 33.8 Å². The van der Waals surface area contributed by atoms with Gasteiger partial charge in [0.1, 0.15) is 10.7 Å². The lowest BCUT2D eigenvalue weighted by atomic mass is 10.2. The van der Waals surface area contributed by atoms with Gasteiger partial charge in [0.05, 0.1) is 17.5 Å². The number of aliphatic carboxylic acids is 1. The Morgan fingerprint density at radius 2 is 2.33 bits per heavy atom. The van der Waals surface area contributed by atoms with E-state index in [1.807, 2.05) is 18.5 Å². The summed E-state index contributed by atoms with van der Waals surface area (Å²) in [4.78, 5) is 30.5. The van der Waals surface area contributed by atoms with Gasteiger partial charge in [-0.05, 0) is 6.07 Å². The molecule has 0 aliphatic rings. The van der Waals surface area contributed by atoms with E-state index in [2.05, 4.69) is 15.1 Å². The molecule has 8 heteroatoms. The molecule has 108 valence electrons. The highest BCUT2D eigenvalue weighted by atomic mass is 32.1. The summed E-state index contributed by atoms with van der Waals surface area (Å²) in [6.07, 6.45) is 1.82. The second-order valence-electron chi connectivity index (χ2n) is 4.58. The average molecular weight is 304 g/mol. The van der Waals surface area contributed by atoms with Gasteiger partial charge in [0.25, 0.3) is 5.56 Å². The largest absolute Gasteiger partial charge is 0.481 e. The van der Waals surface area contributed by atoms with Crippen molar-refractivity contribution in [3.8, 4) is 11.3 Å². The van der Waals surface area contributed by atoms with Crippen LogP contribution in [0.4, 0.5) is 0 Å². The second-order valence-corrected chi connectivity index (χ2v) is 5.43. The van der Waals surface area contributed by atoms with Gasteiger partial charge in [0.2, 0.25) is 0 Å². The molecule has 0 amide bonds. The summed E-state index contributed by atoms with van der Waals surface area (Å²) in [7, 11) is 1.81. The first-order valence-electron chi connectivity index (χ1n) is 6.27. The molecule has 3 rings (SSSR count). The summed E-state index contributed by atoms with van der Waals surface area (Å²) < 4.78 is 1.69.